The van der Waals surface area contributed by atoms with Crippen LogP contribution in [-0.4, -0.2) is 112 Å². The topological polar surface area (TPSA) is 218 Å². The molecule has 0 aromatic heterocycles. The molecule has 0 aliphatic carbocycles. The molecule has 14 nitrogen and oxygen atoms in total. The number of ether oxygens (including phenoxy) is 4. The summed E-state index contributed by atoms with van der Waals surface area (Å²) in [7, 11) is 0. The first-order valence-electron chi connectivity index (χ1n) is 9.62. The summed E-state index contributed by atoms with van der Waals surface area (Å²) >= 11 is 0. The lowest BCUT2D eigenvalue weighted by molar-refractivity contribution is -0.298. The highest BCUT2D eigenvalue weighted by molar-refractivity contribution is 5.78. The maximum absolute atomic E-state index is 11.9. The van der Waals surface area contributed by atoms with E-state index in [-0.39, 0.29) is 6.61 Å². The molecule has 1 fully saturated rings. The third kappa shape index (κ3) is 7.96. The minimum absolute atomic E-state index is 0.199. The first-order chi connectivity index (χ1) is 14.8. The monoisotopic (exact) mass is 467 g/mol. The van der Waals surface area contributed by atoms with Gasteiger partial charge in [-0.15, -0.1) is 0 Å². The van der Waals surface area contributed by atoms with Crippen LogP contribution in [-0.2, 0) is 38.1 Å². The number of carbonyl (C=O) groups excluding carboxylic acids is 3. The third-order valence-corrected chi connectivity index (χ3v) is 4.34. The van der Waals surface area contributed by atoms with E-state index in [1.165, 1.54) is 6.92 Å². The molecule has 32 heavy (non-hydrogen) atoms. The van der Waals surface area contributed by atoms with Crippen molar-refractivity contribution in [2.24, 2.45) is 0 Å². The van der Waals surface area contributed by atoms with E-state index < -0.39 is 85.8 Å². The minimum atomic E-state index is -2.94. The van der Waals surface area contributed by atoms with Crippen molar-refractivity contribution in [1.82, 2.24) is 5.32 Å². The summed E-state index contributed by atoms with van der Waals surface area (Å²) in [5.41, 5.74) is 0. The van der Waals surface area contributed by atoms with Gasteiger partial charge in [-0.2, -0.15) is 0 Å². The quantitative estimate of drug-likeness (QED) is 0.164. The van der Waals surface area contributed by atoms with Crippen molar-refractivity contribution in [3.05, 3.63) is 0 Å². The van der Waals surface area contributed by atoms with Gasteiger partial charge in [-0.05, 0) is 6.92 Å². The molecular weight excluding hydrogens is 438 g/mol. The molecule has 14 heteroatoms. The van der Waals surface area contributed by atoms with Gasteiger partial charge < -0.3 is 49.8 Å². The SMILES string of the molecule is CC(=O)OC(C(O)COCC(C)O)[C@@H]1OC(O)(C(=O)O)C[C@H](OC(C)=O)[C@H]1NC(=O)CO. The maximum Gasteiger partial charge on any atom is 0.364 e. The van der Waals surface area contributed by atoms with Gasteiger partial charge >= 0.3 is 17.9 Å². The molecule has 1 heterocycles. The third-order valence-electron chi connectivity index (χ3n) is 4.34. The highest BCUT2D eigenvalue weighted by Gasteiger charge is 2.56. The van der Waals surface area contributed by atoms with Crippen LogP contribution in [0.15, 0.2) is 0 Å². The maximum atomic E-state index is 11.9. The average molecular weight is 467 g/mol. The van der Waals surface area contributed by atoms with Crippen LogP contribution < -0.4 is 5.32 Å². The summed E-state index contributed by atoms with van der Waals surface area (Å²) in [4.78, 5) is 46.7. The molecule has 1 aliphatic rings. The van der Waals surface area contributed by atoms with Crippen molar-refractivity contribution in [2.75, 3.05) is 19.8 Å². The van der Waals surface area contributed by atoms with E-state index in [1.54, 1.807) is 0 Å². The Morgan fingerprint density at radius 3 is 2.25 bits per heavy atom. The normalized spacial score (nSPS) is 28.2. The second-order valence-corrected chi connectivity index (χ2v) is 7.30. The summed E-state index contributed by atoms with van der Waals surface area (Å²) in [5.74, 6) is -7.62. The summed E-state index contributed by atoms with van der Waals surface area (Å²) in [6.07, 6.45) is -8.40. The van der Waals surface area contributed by atoms with Gasteiger partial charge in [-0.25, -0.2) is 4.79 Å². The van der Waals surface area contributed by atoms with Crippen LogP contribution in [0.2, 0.25) is 0 Å². The van der Waals surface area contributed by atoms with Crippen molar-refractivity contribution in [2.45, 2.75) is 69.5 Å². The Bertz CT molecular complexity index is 684. The molecule has 0 bridgehead atoms. The van der Waals surface area contributed by atoms with Gasteiger partial charge in [0, 0.05) is 13.8 Å². The van der Waals surface area contributed by atoms with E-state index in [9.17, 15) is 39.6 Å². The summed E-state index contributed by atoms with van der Waals surface area (Å²) in [6.45, 7) is 1.67. The molecular formula is C18H29NO13. The zero-order valence-corrected chi connectivity index (χ0v) is 17.8. The Hall–Kier alpha value is -2.36. The molecule has 0 radical (unpaired) electrons. The predicted molar refractivity (Wildman–Crippen MR) is 101 cm³/mol. The Labute approximate surface area is 183 Å². The summed E-state index contributed by atoms with van der Waals surface area (Å²) in [5, 5.41) is 51.1. The molecule has 1 saturated heterocycles. The average Bonchev–Trinajstić information content (AvgIpc) is 2.66. The van der Waals surface area contributed by atoms with Gasteiger partial charge in [0.05, 0.1) is 31.8 Å². The molecule has 0 aromatic carbocycles. The molecule has 6 N–H and O–H groups in total. The molecule has 184 valence electrons. The fourth-order valence-corrected chi connectivity index (χ4v) is 3.11. The van der Waals surface area contributed by atoms with Crippen molar-refractivity contribution in [1.29, 1.82) is 0 Å². The first kappa shape index (κ1) is 27.7. The fourth-order valence-electron chi connectivity index (χ4n) is 3.11. The van der Waals surface area contributed by atoms with Gasteiger partial charge in [-0.3, -0.25) is 14.4 Å². The van der Waals surface area contributed by atoms with E-state index in [0.717, 1.165) is 13.8 Å². The van der Waals surface area contributed by atoms with E-state index >= 15 is 0 Å². The number of aliphatic hydroxyl groups excluding tert-OH is 3. The Morgan fingerprint density at radius 2 is 1.78 bits per heavy atom. The number of nitrogens with one attached hydrogen (secondary N) is 1. The Morgan fingerprint density at radius 1 is 1.16 bits per heavy atom. The van der Waals surface area contributed by atoms with Gasteiger partial charge in [-0.1, -0.05) is 0 Å². The first-order valence-corrected chi connectivity index (χ1v) is 9.62. The second-order valence-electron chi connectivity index (χ2n) is 7.30. The van der Waals surface area contributed by atoms with Gasteiger partial charge in [0.1, 0.15) is 24.9 Å². The standard InChI is InChI=1S/C18H29NO13/c1-8(21)6-29-7-11(24)15(31-10(3)23)16-14(19-13(25)5-20)12(30-9(2)22)4-18(28,32-16)17(26)27/h8,11-12,14-16,20-21,24,28H,4-7H2,1-3H3,(H,19,25)(H,26,27)/t8?,11?,12-,14+,15?,16+,18?/m0/s1. The molecule has 0 spiro atoms. The van der Waals surface area contributed by atoms with Crippen molar-refractivity contribution in [3.63, 3.8) is 0 Å². The zero-order valence-electron chi connectivity index (χ0n) is 17.8. The summed E-state index contributed by atoms with van der Waals surface area (Å²) in [6, 6.07) is -1.45. The fraction of sp³-hybridized carbons (Fsp3) is 0.778. The van der Waals surface area contributed by atoms with Crippen LogP contribution in [0.3, 0.4) is 0 Å². The van der Waals surface area contributed by atoms with Crippen LogP contribution in [0, 0.1) is 0 Å². The molecule has 4 unspecified atom stereocenters. The number of hydrogen-bond acceptors (Lipinski definition) is 12. The van der Waals surface area contributed by atoms with Crippen LogP contribution in [0.25, 0.3) is 0 Å². The lowest BCUT2D eigenvalue weighted by Gasteiger charge is -2.46. The van der Waals surface area contributed by atoms with Gasteiger partial charge in [0.2, 0.25) is 5.91 Å². The lowest BCUT2D eigenvalue weighted by Crippen LogP contribution is -2.68. The highest BCUT2D eigenvalue weighted by atomic mass is 16.7. The Kier molecular flexibility index (Phi) is 10.4. The number of carbonyl (C=O) groups is 4. The smallest absolute Gasteiger partial charge is 0.364 e. The molecule has 1 rings (SSSR count). The van der Waals surface area contributed by atoms with Crippen LogP contribution >= 0.6 is 0 Å². The van der Waals surface area contributed by atoms with Crippen LogP contribution in [0.4, 0.5) is 0 Å². The number of amides is 1. The minimum Gasteiger partial charge on any atom is -0.477 e. The van der Waals surface area contributed by atoms with E-state index in [1.807, 2.05) is 0 Å². The predicted octanol–water partition coefficient (Wildman–Crippen LogP) is -3.35. The number of esters is 2. The van der Waals surface area contributed by atoms with Crippen molar-refractivity contribution in [3.8, 4) is 0 Å². The largest absolute Gasteiger partial charge is 0.477 e. The Balaban J connectivity index is 3.39. The molecule has 1 amide bonds. The number of hydrogen-bond donors (Lipinski definition) is 6. The number of aliphatic hydroxyl groups is 4. The van der Waals surface area contributed by atoms with Crippen LogP contribution in [0.5, 0.6) is 0 Å². The summed E-state index contributed by atoms with van der Waals surface area (Å²) < 4.78 is 20.5. The van der Waals surface area contributed by atoms with E-state index in [2.05, 4.69) is 5.32 Å². The molecule has 7 atom stereocenters. The molecule has 0 saturated carbocycles. The van der Waals surface area contributed by atoms with E-state index in [0.29, 0.717) is 0 Å². The van der Waals surface area contributed by atoms with E-state index in [4.69, 9.17) is 24.1 Å². The van der Waals surface area contributed by atoms with Crippen molar-refractivity contribution >= 4 is 23.8 Å². The van der Waals surface area contributed by atoms with Crippen molar-refractivity contribution < 1.29 is 63.7 Å². The zero-order chi connectivity index (χ0) is 24.6. The number of rotatable bonds is 11. The number of carboxylic acid groups (broad SMARTS) is 1. The van der Waals surface area contributed by atoms with Crippen LogP contribution in [0.1, 0.15) is 27.2 Å². The molecule has 1 aliphatic heterocycles. The highest BCUT2D eigenvalue weighted by Crippen LogP contribution is 2.33. The number of aliphatic carboxylic acids is 1. The molecule has 0 aromatic rings. The second kappa shape index (κ2) is 12.0. The van der Waals surface area contributed by atoms with Gasteiger partial charge in [0.25, 0.3) is 5.79 Å². The van der Waals surface area contributed by atoms with Gasteiger partial charge in [0.15, 0.2) is 6.10 Å². The number of carboxylic acids is 1. The lowest BCUT2D eigenvalue weighted by atomic mass is 9.88.